The van der Waals surface area contributed by atoms with E-state index in [1.807, 2.05) is 0 Å². The molecule has 0 amide bonds. The zero-order valence-electron chi connectivity index (χ0n) is 12.9. The fourth-order valence-electron chi connectivity index (χ4n) is 3.15. The van der Waals surface area contributed by atoms with Crippen LogP contribution >= 0.6 is 0 Å². The van der Waals surface area contributed by atoms with E-state index in [2.05, 4.69) is 19.2 Å². The molecule has 0 atom stereocenters. The lowest BCUT2D eigenvalue weighted by atomic mass is 9.71. The third-order valence-corrected chi connectivity index (χ3v) is 5.22. The highest BCUT2D eigenvalue weighted by Gasteiger charge is 2.31. The third-order valence-electron chi connectivity index (χ3n) is 4.19. The Morgan fingerprint density at radius 2 is 1.79 bits per heavy atom. The highest BCUT2D eigenvalue weighted by atomic mass is 32.2. The summed E-state index contributed by atoms with van der Waals surface area (Å²) in [6.45, 7) is 6.58. The van der Waals surface area contributed by atoms with Crippen LogP contribution < -0.4 is 5.32 Å². The van der Waals surface area contributed by atoms with Crippen LogP contribution in [0.4, 0.5) is 0 Å². The van der Waals surface area contributed by atoms with Crippen molar-refractivity contribution >= 4 is 9.84 Å². The first-order valence-corrected chi connectivity index (χ1v) is 9.78. The highest BCUT2D eigenvalue weighted by molar-refractivity contribution is 7.90. The third kappa shape index (κ3) is 7.31. The molecule has 0 unspecified atom stereocenters. The van der Waals surface area contributed by atoms with Crippen molar-refractivity contribution in [2.45, 2.75) is 58.8 Å². The van der Waals surface area contributed by atoms with Crippen LogP contribution in [0.3, 0.4) is 0 Å². The maximum atomic E-state index is 11.3. The fraction of sp³-hybridized carbons (Fsp3) is 1.00. The average Bonchev–Trinajstić information content (AvgIpc) is 2.28. The van der Waals surface area contributed by atoms with Crippen LogP contribution in [0.2, 0.25) is 0 Å². The standard InChI is InChI=1S/C15H31NO2S/c1-14(2)12-16-13-15(8-5-4-6-9-15)10-7-11-19(3,17)18/h14,16H,4-13H2,1-3H3. The molecule has 0 radical (unpaired) electrons. The largest absolute Gasteiger partial charge is 0.316 e. The van der Waals surface area contributed by atoms with Crippen LogP contribution in [-0.4, -0.2) is 33.5 Å². The lowest BCUT2D eigenvalue weighted by Gasteiger charge is -2.38. The Morgan fingerprint density at radius 1 is 1.16 bits per heavy atom. The second-order valence-electron chi connectivity index (χ2n) is 6.82. The van der Waals surface area contributed by atoms with Gasteiger partial charge in [-0.05, 0) is 43.6 Å². The first kappa shape index (κ1) is 17.0. The first-order valence-electron chi connectivity index (χ1n) is 7.71. The molecular formula is C15H31NO2S. The lowest BCUT2D eigenvalue weighted by Crippen LogP contribution is -2.37. The summed E-state index contributed by atoms with van der Waals surface area (Å²) in [6.07, 6.45) is 9.72. The van der Waals surface area contributed by atoms with Crippen molar-refractivity contribution in [3.63, 3.8) is 0 Å². The maximum absolute atomic E-state index is 11.3. The van der Waals surface area contributed by atoms with Crippen molar-refractivity contribution < 1.29 is 8.42 Å². The molecule has 0 aliphatic heterocycles. The first-order chi connectivity index (χ1) is 8.83. The summed E-state index contributed by atoms with van der Waals surface area (Å²) in [5, 5.41) is 3.59. The van der Waals surface area contributed by atoms with E-state index in [0.717, 1.165) is 25.9 Å². The van der Waals surface area contributed by atoms with E-state index in [1.54, 1.807) is 0 Å². The molecule has 114 valence electrons. The van der Waals surface area contributed by atoms with Gasteiger partial charge >= 0.3 is 0 Å². The molecule has 0 spiro atoms. The Balaban J connectivity index is 2.45. The maximum Gasteiger partial charge on any atom is 0.147 e. The second kappa shape index (κ2) is 7.63. The van der Waals surface area contributed by atoms with E-state index < -0.39 is 9.84 Å². The summed E-state index contributed by atoms with van der Waals surface area (Å²) in [5.41, 5.74) is 0.359. The zero-order chi connectivity index (χ0) is 14.4. The molecule has 0 bridgehead atoms. The molecule has 0 heterocycles. The molecule has 0 aromatic rings. The van der Waals surface area contributed by atoms with Crippen molar-refractivity contribution in [3.05, 3.63) is 0 Å². The number of rotatable bonds is 8. The minimum absolute atomic E-state index is 0.346. The van der Waals surface area contributed by atoms with Gasteiger partial charge in [-0.25, -0.2) is 8.42 Å². The van der Waals surface area contributed by atoms with E-state index in [4.69, 9.17) is 0 Å². The van der Waals surface area contributed by atoms with Gasteiger partial charge in [-0.1, -0.05) is 33.1 Å². The summed E-state index contributed by atoms with van der Waals surface area (Å²) in [5.74, 6) is 1.02. The Morgan fingerprint density at radius 3 is 2.32 bits per heavy atom. The van der Waals surface area contributed by atoms with Crippen molar-refractivity contribution in [2.75, 3.05) is 25.1 Å². The predicted molar refractivity (Wildman–Crippen MR) is 82.2 cm³/mol. The lowest BCUT2D eigenvalue weighted by molar-refractivity contribution is 0.164. The summed E-state index contributed by atoms with van der Waals surface area (Å²) in [4.78, 5) is 0. The van der Waals surface area contributed by atoms with E-state index >= 15 is 0 Å². The molecule has 0 aromatic carbocycles. The van der Waals surface area contributed by atoms with Crippen molar-refractivity contribution in [2.24, 2.45) is 11.3 Å². The Bertz CT molecular complexity index is 343. The molecule has 1 saturated carbocycles. The van der Waals surface area contributed by atoms with Gasteiger partial charge in [0.1, 0.15) is 9.84 Å². The van der Waals surface area contributed by atoms with Crippen LogP contribution in [0, 0.1) is 11.3 Å². The van der Waals surface area contributed by atoms with E-state index in [1.165, 1.54) is 38.4 Å². The predicted octanol–water partition coefficient (Wildman–Crippen LogP) is 3.01. The molecule has 3 nitrogen and oxygen atoms in total. The van der Waals surface area contributed by atoms with Crippen LogP contribution in [0.15, 0.2) is 0 Å². The average molecular weight is 289 g/mol. The Labute approximate surface area is 119 Å². The van der Waals surface area contributed by atoms with Crippen LogP contribution in [-0.2, 0) is 9.84 Å². The van der Waals surface area contributed by atoms with Gasteiger partial charge in [-0.15, -0.1) is 0 Å². The zero-order valence-corrected chi connectivity index (χ0v) is 13.7. The molecule has 0 saturated heterocycles. The van der Waals surface area contributed by atoms with Crippen molar-refractivity contribution in [1.82, 2.24) is 5.32 Å². The van der Waals surface area contributed by atoms with Gasteiger partial charge < -0.3 is 5.32 Å². The summed E-state index contributed by atoms with van der Waals surface area (Å²) < 4.78 is 22.5. The molecular weight excluding hydrogens is 258 g/mol. The monoisotopic (exact) mass is 289 g/mol. The van der Waals surface area contributed by atoms with Crippen LogP contribution in [0.25, 0.3) is 0 Å². The van der Waals surface area contributed by atoms with E-state index in [9.17, 15) is 8.42 Å². The van der Waals surface area contributed by atoms with Crippen molar-refractivity contribution in [1.29, 1.82) is 0 Å². The quantitative estimate of drug-likeness (QED) is 0.747. The van der Waals surface area contributed by atoms with Crippen molar-refractivity contribution in [3.8, 4) is 0 Å². The smallest absolute Gasteiger partial charge is 0.147 e. The van der Waals surface area contributed by atoms with Crippen LogP contribution in [0.1, 0.15) is 58.8 Å². The minimum atomic E-state index is -2.81. The SMILES string of the molecule is CC(C)CNCC1(CCCS(C)(=O)=O)CCCCC1. The highest BCUT2D eigenvalue weighted by Crippen LogP contribution is 2.39. The summed E-state index contributed by atoms with van der Waals surface area (Å²) in [7, 11) is -2.81. The molecule has 0 aromatic heterocycles. The van der Waals surface area contributed by atoms with Gasteiger partial charge in [0.15, 0.2) is 0 Å². The normalized spacial score (nSPS) is 19.8. The van der Waals surface area contributed by atoms with Gasteiger partial charge in [-0.3, -0.25) is 0 Å². The molecule has 1 rings (SSSR count). The van der Waals surface area contributed by atoms with Gasteiger partial charge in [-0.2, -0.15) is 0 Å². The molecule has 1 aliphatic rings. The minimum Gasteiger partial charge on any atom is -0.316 e. The van der Waals surface area contributed by atoms with Gasteiger partial charge in [0.25, 0.3) is 0 Å². The molecule has 1 aliphatic carbocycles. The van der Waals surface area contributed by atoms with Gasteiger partial charge in [0.2, 0.25) is 0 Å². The van der Waals surface area contributed by atoms with Gasteiger partial charge in [0, 0.05) is 18.6 Å². The molecule has 1 fully saturated rings. The molecule has 4 heteroatoms. The number of sulfone groups is 1. The van der Waals surface area contributed by atoms with E-state index in [0.29, 0.717) is 17.1 Å². The second-order valence-corrected chi connectivity index (χ2v) is 9.08. The number of hydrogen-bond acceptors (Lipinski definition) is 3. The summed E-state index contributed by atoms with van der Waals surface area (Å²) in [6, 6.07) is 0. The van der Waals surface area contributed by atoms with E-state index in [-0.39, 0.29) is 0 Å². The van der Waals surface area contributed by atoms with Gasteiger partial charge in [0.05, 0.1) is 0 Å². The topological polar surface area (TPSA) is 46.2 Å². The van der Waals surface area contributed by atoms with Crippen LogP contribution in [0.5, 0.6) is 0 Å². The number of hydrogen-bond donors (Lipinski definition) is 1. The number of nitrogens with one attached hydrogen (secondary N) is 1. The Hall–Kier alpha value is -0.0900. The summed E-state index contributed by atoms with van der Waals surface area (Å²) >= 11 is 0. The fourth-order valence-corrected chi connectivity index (χ4v) is 3.82. The molecule has 19 heavy (non-hydrogen) atoms. The molecule has 1 N–H and O–H groups in total. The Kier molecular flexibility index (Phi) is 6.81.